The number of nitrogens with zero attached hydrogens (tertiary/aromatic N) is 3. The molecule has 0 N–H and O–H groups in total. The second-order valence-electron chi connectivity index (χ2n) is 8.59. The monoisotopic (exact) mass is 433 g/mol. The average Bonchev–Trinajstić information content (AvgIpc) is 3.18. The molecule has 1 saturated heterocycles. The Balaban J connectivity index is 1.70. The summed E-state index contributed by atoms with van der Waals surface area (Å²) in [6.07, 6.45) is 1.96. The molecular weight excluding hydrogens is 402 g/mol. The van der Waals surface area contributed by atoms with Gasteiger partial charge in [-0.25, -0.2) is 4.98 Å². The number of aromatic nitrogens is 1. The Hall–Kier alpha value is -2.50. The molecule has 5 heteroatoms. The second kappa shape index (κ2) is 9.33. The van der Waals surface area contributed by atoms with E-state index >= 15 is 0 Å². The fourth-order valence-corrected chi connectivity index (χ4v) is 5.63. The van der Waals surface area contributed by atoms with Crippen LogP contribution in [-0.2, 0) is 11.3 Å². The highest BCUT2D eigenvalue weighted by Gasteiger charge is 2.36. The third kappa shape index (κ3) is 4.73. The molecule has 1 aliphatic rings. The average molecular weight is 434 g/mol. The number of carbonyl (C=O) groups is 1. The molecule has 0 bridgehead atoms. The van der Waals surface area contributed by atoms with E-state index in [1.54, 1.807) is 18.3 Å². The summed E-state index contributed by atoms with van der Waals surface area (Å²) in [5.74, 6) is 0.460. The van der Waals surface area contributed by atoms with Gasteiger partial charge in [0.05, 0.1) is 11.2 Å². The molecule has 4 rings (SSSR count). The lowest BCUT2D eigenvalue weighted by Gasteiger charge is -2.45. The maximum Gasteiger partial charge on any atom is 0.225 e. The Bertz CT molecular complexity index is 1030. The van der Waals surface area contributed by atoms with Gasteiger partial charge >= 0.3 is 0 Å². The molecular formula is C26H31N3OS. The number of piperidine rings is 1. The molecule has 1 amide bonds. The minimum atomic E-state index is 0.00172. The maximum atomic E-state index is 12.9. The number of hydrogen-bond acceptors (Lipinski definition) is 4. The van der Waals surface area contributed by atoms with Crippen molar-refractivity contribution >= 4 is 22.9 Å². The number of para-hydroxylation sites is 1. The van der Waals surface area contributed by atoms with E-state index in [2.05, 4.69) is 49.3 Å². The topological polar surface area (TPSA) is 36.4 Å². The molecule has 2 heterocycles. The highest BCUT2D eigenvalue weighted by Crippen LogP contribution is 2.37. The van der Waals surface area contributed by atoms with Gasteiger partial charge in [-0.15, -0.1) is 11.3 Å². The first-order valence-corrected chi connectivity index (χ1v) is 11.9. The molecule has 31 heavy (non-hydrogen) atoms. The summed E-state index contributed by atoms with van der Waals surface area (Å²) in [6.45, 7) is 9.90. The molecule has 2 unspecified atom stereocenters. The number of rotatable bonds is 5. The Morgan fingerprint density at radius 3 is 2.42 bits per heavy atom. The minimum Gasteiger partial charge on any atom is -0.296 e. The lowest BCUT2D eigenvalue weighted by molar-refractivity contribution is -0.118. The molecule has 4 nitrogen and oxygen atoms in total. The zero-order valence-corrected chi connectivity index (χ0v) is 19.7. The summed E-state index contributed by atoms with van der Waals surface area (Å²) in [6, 6.07) is 16.6. The van der Waals surface area contributed by atoms with Gasteiger partial charge in [-0.3, -0.25) is 14.6 Å². The highest BCUT2D eigenvalue weighted by atomic mass is 32.1. The van der Waals surface area contributed by atoms with E-state index in [0.29, 0.717) is 5.92 Å². The van der Waals surface area contributed by atoms with Crippen molar-refractivity contribution in [3.63, 3.8) is 0 Å². The van der Waals surface area contributed by atoms with Gasteiger partial charge in [0, 0.05) is 42.7 Å². The molecule has 2 atom stereocenters. The van der Waals surface area contributed by atoms with Crippen LogP contribution >= 0.6 is 11.3 Å². The number of amides is 1. The molecule has 2 aromatic carbocycles. The molecule has 0 aliphatic carbocycles. The smallest absolute Gasteiger partial charge is 0.225 e. The second-order valence-corrected chi connectivity index (χ2v) is 9.48. The van der Waals surface area contributed by atoms with Crippen LogP contribution < -0.4 is 4.90 Å². The largest absolute Gasteiger partial charge is 0.296 e. The Labute approximate surface area is 189 Å². The zero-order valence-electron chi connectivity index (χ0n) is 18.8. The Morgan fingerprint density at radius 2 is 1.81 bits per heavy atom. The van der Waals surface area contributed by atoms with Crippen LogP contribution in [0.25, 0.3) is 0 Å². The van der Waals surface area contributed by atoms with Crippen molar-refractivity contribution < 1.29 is 4.79 Å². The summed E-state index contributed by atoms with van der Waals surface area (Å²) in [7, 11) is 0. The first-order chi connectivity index (χ1) is 14.9. The number of likely N-dealkylation sites (tertiary alicyclic amines) is 1. The van der Waals surface area contributed by atoms with Crippen LogP contribution in [0.2, 0.25) is 0 Å². The van der Waals surface area contributed by atoms with Gasteiger partial charge in [0.15, 0.2) is 0 Å². The SMILES string of the molecule is CC(=O)N(c1ccccc1)C1CC(c2nc(C)cs2)CCN1Cc1c(C)cccc1C. The van der Waals surface area contributed by atoms with Crippen LogP contribution in [0, 0.1) is 20.8 Å². The summed E-state index contributed by atoms with van der Waals surface area (Å²) < 4.78 is 0. The fourth-order valence-electron chi connectivity index (χ4n) is 4.68. The maximum absolute atomic E-state index is 12.9. The predicted octanol–water partition coefficient (Wildman–Crippen LogP) is 5.83. The van der Waals surface area contributed by atoms with Crippen molar-refractivity contribution in [3.05, 3.63) is 81.3 Å². The van der Waals surface area contributed by atoms with Gasteiger partial charge in [-0.2, -0.15) is 0 Å². The van der Waals surface area contributed by atoms with Gasteiger partial charge in [-0.1, -0.05) is 36.4 Å². The molecule has 1 fully saturated rings. The number of anilines is 1. The van der Waals surface area contributed by atoms with Gasteiger partial charge < -0.3 is 0 Å². The third-order valence-corrected chi connectivity index (χ3v) is 7.47. The van der Waals surface area contributed by atoms with Crippen molar-refractivity contribution in [1.29, 1.82) is 0 Å². The van der Waals surface area contributed by atoms with Crippen molar-refractivity contribution in [1.82, 2.24) is 9.88 Å². The van der Waals surface area contributed by atoms with Crippen molar-refractivity contribution in [2.75, 3.05) is 11.4 Å². The molecule has 1 aromatic heterocycles. The van der Waals surface area contributed by atoms with Crippen LogP contribution in [0.4, 0.5) is 5.69 Å². The van der Waals surface area contributed by atoms with E-state index in [0.717, 1.165) is 37.3 Å². The van der Waals surface area contributed by atoms with Crippen LogP contribution in [0.15, 0.2) is 53.9 Å². The van der Waals surface area contributed by atoms with Crippen molar-refractivity contribution in [2.45, 2.75) is 59.2 Å². The number of carbonyl (C=O) groups excluding carboxylic acids is 1. The van der Waals surface area contributed by atoms with Gasteiger partial charge in [0.2, 0.25) is 5.91 Å². The summed E-state index contributed by atoms with van der Waals surface area (Å²) in [4.78, 5) is 22.2. The van der Waals surface area contributed by atoms with Crippen LogP contribution in [-0.4, -0.2) is 28.5 Å². The standard InChI is InChI=1S/C26H31N3OS/c1-18-9-8-10-19(2)24(18)16-28-14-13-22(26-27-20(3)17-31-26)15-25(28)29(21(4)30)23-11-6-5-7-12-23/h5-12,17,22,25H,13-16H2,1-4H3. The quantitative estimate of drug-likeness (QED) is 0.508. The molecule has 0 saturated carbocycles. The number of hydrogen-bond donors (Lipinski definition) is 0. The number of benzene rings is 2. The molecule has 162 valence electrons. The summed E-state index contributed by atoms with van der Waals surface area (Å²) >= 11 is 1.75. The van der Waals surface area contributed by atoms with E-state index in [-0.39, 0.29) is 12.1 Å². The fraction of sp³-hybridized carbons (Fsp3) is 0.385. The normalized spacial score (nSPS) is 19.4. The lowest BCUT2D eigenvalue weighted by atomic mass is 9.92. The highest BCUT2D eigenvalue weighted by molar-refractivity contribution is 7.09. The van der Waals surface area contributed by atoms with E-state index in [4.69, 9.17) is 4.98 Å². The van der Waals surface area contributed by atoms with E-state index < -0.39 is 0 Å². The van der Waals surface area contributed by atoms with E-state index in [9.17, 15) is 4.79 Å². The molecule has 1 aliphatic heterocycles. The van der Waals surface area contributed by atoms with E-state index in [1.807, 2.05) is 35.2 Å². The van der Waals surface area contributed by atoms with Crippen molar-refractivity contribution in [3.8, 4) is 0 Å². The number of thiazole rings is 1. The Morgan fingerprint density at radius 1 is 1.10 bits per heavy atom. The van der Waals surface area contributed by atoms with Crippen LogP contribution in [0.1, 0.15) is 53.1 Å². The van der Waals surface area contributed by atoms with Gasteiger partial charge in [0.25, 0.3) is 0 Å². The minimum absolute atomic E-state index is 0.00172. The van der Waals surface area contributed by atoms with Gasteiger partial charge in [0.1, 0.15) is 0 Å². The predicted molar refractivity (Wildman–Crippen MR) is 129 cm³/mol. The molecule has 0 spiro atoms. The first kappa shape index (κ1) is 21.7. The third-order valence-electron chi connectivity index (χ3n) is 6.34. The van der Waals surface area contributed by atoms with Crippen molar-refractivity contribution in [2.24, 2.45) is 0 Å². The zero-order chi connectivity index (χ0) is 22.0. The molecule has 3 aromatic rings. The summed E-state index contributed by atoms with van der Waals surface area (Å²) in [5.41, 5.74) is 6.03. The number of aryl methyl sites for hydroxylation is 3. The van der Waals surface area contributed by atoms with E-state index in [1.165, 1.54) is 21.7 Å². The van der Waals surface area contributed by atoms with Gasteiger partial charge in [-0.05, 0) is 62.4 Å². The van der Waals surface area contributed by atoms with Crippen LogP contribution in [0.5, 0.6) is 0 Å². The molecule has 0 radical (unpaired) electrons. The Kier molecular flexibility index (Phi) is 6.54. The summed E-state index contributed by atoms with van der Waals surface area (Å²) in [5, 5.41) is 3.33. The lowest BCUT2D eigenvalue weighted by Crippen LogP contribution is -2.54. The first-order valence-electron chi connectivity index (χ1n) is 11.0. The van der Waals surface area contributed by atoms with Crippen LogP contribution in [0.3, 0.4) is 0 Å².